The molecule has 109 heavy (non-hydrogen) atoms. The number of hydrogen-bond acceptors (Lipinski definition) is 3. The maximum Gasteiger partial charge on any atom is 0.252 e. The minimum Gasteiger partial charge on any atom is -0.365 e. The van der Waals surface area contributed by atoms with Crippen LogP contribution >= 0.6 is 0 Å². The van der Waals surface area contributed by atoms with Gasteiger partial charge in [-0.25, -0.2) is 0 Å². The lowest BCUT2D eigenvalue weighted by Crippen LogP contribution is -2.62. The molecule has 4 aliphatic heterocycles. The molecule has 0 atom stereocenters. The Kier molecular flexibility index (Phi) is 15.2. The molecule has 0 unspecified atom stereocenters. The van der Waals surface area contributed by atoms with Crippen molar-refractivity contribution in [2.75, 3.05) is 14.7 Å². The van der Waals surface area contributed by atoms with E-state index in [2.05, 4.69) is 384 Å². The molecule has 0 aromatic heterocycles. The van der Waals surface area contributed by atoms with Crippen molar-refractivity contribution in [1.82, 2.24) is 0 Å². The SMILES string of the molecule is CC(C)(C)c1cc2ccc3cc(C(C)(C)C)cc4c(-c5ccc6c(c5)N(c5c(-c7ccccc7)cc(-c7ccccc7)cc5-c5ccccc5)c5cc(N7C8CC9CC(C8)CC7C9)cc7c5B6c5ccc(-c6ccccc6)cc5N7c5c(-c6ccccc6)cc(-c6ccccc6)cc5-c5ccccc5)cc(c1)c2c34. The molecule has 0 radical (unpaired) electrons. The smallest absolute Gasteiger partial charge is 0.252 e. The molecule has 2 saturated heterocycles. The molecule has 4 bridgehead atoms. The second kappa shape index (κ2) is 25.3. The van der Waals surface area contributed by atoms with Gasteiger partial charge in [-0.2, -0.15) is 0 Å². The van der Waals surface area contributed by atoms with Gasteiger partial charge in [-0.1, -0.05) is 308 Å². The summed E-state index contributed by atoms with van der Waals surface area (Å²) in [7, 11) is 0. The zero-order valence-electron chi connectivity index (χ0n) is 62.9. The Hall–Kier alpha value is -12.0. The van der Waals surface area contributed by atoms with Gasteiger partial charge in [0.25, 0.3) is 6.71 Å². The first-order valence-corrected chi connectivity index (χ1v) is 39.6. The third-order valence-corrected chi connectivity index (χ3v) is 25.3. The fourth-order valence-electron chi connectivity index (χ4n) is 20.3. The Morgan fingerprint density at radius 3 is 1.05 bits per heavy atom. The third-order valence-electron chi connectivity index (χ3n) is 25.3. The van der Waals surface area contributed by atoms with Crippen molar-refractivity contribution in [3.05, 3.63) is 339 Å². The lowest BCUT2D eigenvalue weighted by atomic mass is 9.33. The van der Waals surface area contributed by atoms with Crippen LogP contribution in [0.5, 0.6) is 0 Å². The Balaban J connectivity index is 0.942. The van der Waals surface area contributed by atoms with Crippen LogP contribution in [0.1, 0.15) is 84.8 Å². The Morgan fingerprint density at radius 2 is 0.633 bits per heavy atom. The largest absolute Gasteiger partial charge is 0.365 e. The molecule has 6 aliphatic rings. The Labute approximate surface area is 641 Å². The highest BCUT2D eigenvalue weighted by Gasteiger charge is 2.50. The molecular weight excluding hydrogens is 1310 g/mol. The summed E-state index contributed by atoms with van der Waals surface area (Å²) in [4.78, 5) is 8.58. The predicted octanol–water partition coefficient (Wildman–Crippen LogP) is 26.4. The molecule has 16 aromatic rings. The topological polar surface area (TPSA) is 9.72 Å². The minimum absolute atomic E-state index is 0.0662. The highest BCUT2D eigenvalue weighted by atomic mass is 15.2. The number of hydrogen-bond donors (Lipinski definition) is 0. The van der Waals surface area contributed by atoms with E-state index >= 15 is 0 Å². The van der Waals surface area contributed by atoms with Crippen LogP contribution in [0.2, 0.25) is 0 Å². The summed E-state index contributed by atoms with van der Waals surface area (Å²) in [6.07, 6.45) is 6.28. The van der Waals surface area contributed by atoms with Crippen LogP contribution in [-0.2, 0) is 10.8 Å². The summed E-state index contributed by atoms with van der Waals surface area (Å²) in [5.41, 5.74) is 33.7. The van der Waals surface area contributed by atoms with Gasteiger partial charge in [0.15, 0.2) is 0 Å². The van der Waals surface area contributed by atoms with Crippen LogP contribution in [0.25, 0.3) is 121 Å². The van der Waals surface area contributed by atoms with Gasteiger partial charge in [-0.05, 0) is 242 Å². The van der Waals surface area contributed by atoms with E-state index in [0.29, 0.717) is 12.1 Å². The van der Waals surface area contributed by atoms with Gasteiger partial charge >= 0.3 is 0 Å². The predicted molar refractivity (Wildman–Crippen MR) is 465 cm³/mol. The standard InChI is InChI=1S/C105H86BN3/c1-104(2,3)82-53-77-42-43-78-54-83(105(4,5)6)63-92-87(60-81(55-82)99(77)100(78)92)76-45-47-94-96(62-76)109(103-90(73-38-24-12-25-39-73)58-80(70-32-18-9-19-33-70)59-91(103)74-40-26-13-27-41-74)98-65-86(107-84-49-66-48-67(51-84)52-85(107)50-66)64-97-101(98)106(94)93-46-44-75(68-28-14-7-15-29-68)61-95(93)108(97)102-88(71-34-20-10-21-35-71)56-79(69-30-16-8-17-31-69)57-89(102)72-36-22-11-23-37-72/h7-47,53-67,84-85H,48-52H2,1-6H3. The van der Waals surface area contributed by atoms with E-state index in [0.717, 1.165) is 34.3 Å². The summed E-state index contributed by atoms with van der Waals surface area (Å²) in [5, 5.41) is 7.84. The minimum atomic E-state index is -0.211. The number of piperidine rings is 2. The molecule has 22 rings (SSSR count). The first-order valence-electron chi connectivity index (χ1n) is 39.6. The number of fused-ring (bicyclic) bond motifs is 4. The van der Waals surface area contributed by atoms with Crippen LogP contribution in [0.3, 0.4) is 0 Å². The lowest BCUT2D eigenvalue weighted by molar-refractivity contribution is 0.0900. The quantitative estimate of drug-likeness (QED) is 0.0944. The molecule has 4 fully saturated rings. The molecule has 16 aromatic carbocycles. The third kappa shape index (κ3) is 10.9. The molecule has 524 valence electrons. The summed E-state index contributed by atoms with van der Waals surface area (Å²) in [6.45, 7) is 14.0. The molecule has 3 nitrogen and oxygen atoms in total. The van der Waals surface area contributed by atoms with E-state index in [1.54, 1.807) is 0 Å². The molecular formula is C105H86BN3. The fourth-order valence-corrected chi connectivity index (χ4v) is 20.3. The highest BCUT2D eigenvalue weighted by molar-refractivity contribution is 7.00. The average molecular weight is 1400 g/mol. The van der Waals surface area contributed by atoms with Crippen molar-refractivity contribution in [3.8, 4) is 89.0 Å². The fraction of sp³-hybridized carbons (Fsp3) is 0.162. The summed E-state index contributed by atoms with van der Waals surface area (Å²) in [5.74, 6) is 1.52. The van der Waals surface area contributed by atoms with Gasteiger partial charge in [0, 0.05) is 62.8 Å². The van der Waals surface area contributed by atoms with E-state index in [4.69, 9.17) is 0 Å². The van der Waals surface area contributed by atoms with Crippen LogP contribution in [0.4, 0.5) is 39.8 Å². The van der Waals surface area contributed by atoms with Crippen molar-refractivity contribution < 1.29 is 0 Å². The molecule has 2 saturated carbocycles. The average Bonchev–Trinajstić information content (AvgIpc) is 0.684. The maximum absolute atomic E-state index is 2.98. The maximum atomic E-state index is 2.98. The number of rotatable bonds is 11. The van der Waals surface area contributed by atoms with E-state index < -0.39 is 0 Å². The van der Waals surface area contributed by atoms with E-state index in [9.17, 15) is 0 Å². The van der Waals surface area contributed by atoms with Crippen LogP contribution in [0.15, 0.2) is 328 Å². The van der Waals surface area contributed by atoms with E-state index in [-0.39, 0.29) is 17.5 Å². The van der Waals surface area contributed by atoms with E-state index in [1.165, 1.54) is 198 Å². The van der Waals surface area contributed by atoms with Crippen molar-refractivity contribution in [3.63, 3.8) is 0 Å². The molecule has 4 heterocycles. The van der Waals surface area contributed by atoms with Crippen molar-refractivity contribution in [1.29, 1.82) is 0 Å². The Bertz CT molecular complexity index is 6090. The molecule has 0 spiro atoms. The van der Waals surface area contributed by atoms with Gasteiger partial charge < -0.3 is 14.7 Å². The van der Waals surface area contributed by atoms with Crippen LogP contribution in [0, 0.1) is 11.8 Å². The monoisotopic (exact) mass is 1400 g/mol. The van der Waals surface area contributed by atoms with Gasteiger partial charge in [0.1, 0.15) is 0 Å². The van der Waals surface area contributed by atoms with Gasteiger partial charge in [-0.3, -0.25) is 0 Å². The summed E-state index contributed by atoms with van der Waals surface area (Å²) < 4.78 is 0. The van der Waals surface area contributed by atoms with Gasteiger partial charge in [0.05, 0.1) is 11.4 Å². The lowest BCUT2D eigenvalue weighted by Gasteiger charge is -2.58. The number of benzene rings is 16. The zero-order valence-corrected chi connectivity index (χ0v) is 62.9. The van der Waals surface area contributed by atoms with Crippen LogP contribution < -0.4 is 31.1 Å². The van der Waals surface area contributed by atoms with Crippen molar-refractivity contribution in [2.45, 2.75) is 96.6 Å². The first-order chi connectivity index (χ1) is 53.3. The summed E-state index contributed by atoms with van der Waals surface area (Å²) in [6, 6.07) is 127. The van der Waals surface area contributed by atoms with Crippen molar-refractivity contribution in [2.24, 2.45) is 11.8 Å². The number of nitrogens with zero attached hydrogens (tertiary/aromatic N) is 3. The summed E-state index contributed by atoms with van der Waals surface area (Å²) >= 11 is 0. The Morgan fingerprint density at radius 1 is 0.275 bits per heavy atom. The molecule has 0 N–H and O–H groups in total. The normalized spacial score (nSPS) is 17.0. The highest BCUT2D eigenvalue weighted by Crippen LogP contribution is 2.59. The first kappa shape index (κ1) is 65.3. The van der Waals surface area contributed by atoms with Crippen LogP contribution in [-0.4, -0.2) is 18.8 Å². The van der Waals surface area contributed by atoms with Gasteiger partial charge in [-0.15, -0.1) is 0 Å². The molecule has 4 heteroatoms. The molecule has 2 aliphatic carbocycles. The zero-order chi connectivity index (χ0) is 73.0. The number of anilines is 7. The molecule has 0 amide bonds. The van der Waals surface area contributed by atoms with E-state index in [1.807, 2.05) is 0 Å². The van der Waals surface area contributed by atoms with Gasteiger partial charge in [0.2, 0.25) is 0 Å². The second-order valence-electron chi connectivity index (χ2n) is 34.0. The second-order valence-corrected chi connectivity index (χ2v) is 34.0. The van der Waals surface area contributed by atoms with Crippen molar-refractivity contribution >= 4 is 95.2 Å².